The second-order valence-electron chi connectivity index (χ2n) is 4.46. The highest BCUT2D eigenvalue weighted by atomic mass is 16.6. The maximum Gasteiger partial charge on any atom is 0.348 e. The van der Waals surface area contributed by atoms with E-state index in [1.807, 2.05) is 19.1 Å². The van der Waals surface area contributed by atoms with Crippen molar-refractivity contribution in [1.82, 2.24) is 0 Å². The summed E-state index contributed by atoms with van der Waals surface area (Å²) < 4.78 is 0. The lowest BCUT2D eigenvalue weighted by Crippen LogP contribution is -1.95. The van der Waals surface area contributed by atoms with Crippen molar-refractivity contribution in [3.63, 3.8) is 0 Å². The van der Waals surface area contributed by atoms with Crippen molar-refractivity contribution in [2.75, 3.05) is 11.9 Å². The van der Waals surface area contributed by atoms with Crippen molar-refractivity contribution in [2.45, 2.75) is 6.92 Å². The van der Waals surface area contributed by atoms with E-state index in [0.29, 0.717) is 5.69 Å². The Hall–Kier alpha value is -3.36. The summed E-state index contributed by atoms with van der Waals surface area (Å²) >= 11 is 0. The maximum absolute atomic E-state index is 10.9. The van der Waals surface area contributed by atoms with Gasteiger partial charge in [0, 0.05) is 18.3 Å². The van der Waals surface area contributed by atoms with Crippen LogP contribution in [0.1, 0.15) is 6.92 Å². The number of azo groups is 1. The lowest BCUT2D eigenvalue weighted by molar-refractivity contribution is -0.422. The van der Waals surface area contributed by atoms with E-state index in [1.54, 1.807) is 12.1 Å². The largest absolute Gasteiger partial charge is 0.385 e. The summed E-state index contributed by atoms with van der Waals surface area (Å²) in [5.74, 6) is 0. The molecule has 0 aromatic heterocycles. The van der Waals surface area contributed by atoms with Crippen LogP contribution < -0.4 is 5.32 Å². The summed E-state index contributed by atoms with van der Waals surface area (Å²) in [5.41, 5.74) is 0.473. The highest BCUT2D eigenvalue weighted by molar-refractivity contribution is 5.60. The van der Waals surface area contributed by atoms with E-state index in [1.165, 1.54) is 6.07 Å². The number of benzene rings is 2. The Kier molecular flexibility index (Phi) is 4.92. The molecule has 0 aliphatic carbocycles. The highest BCUT2D eigenvalue weighted by Gasteiger charge is 2.24. The predicted molar refractivity (Wildman–Crippen MR) is 84.5 cm³/mol. The molecule has 0 fully saturated rings. The van der Waals surface area contributed by atoms with Crippen molar-refractivity contribution in [1.29, 1.82) is 0 Å². The van der Waals surface area contributed by atoms with Gasteiger partial charge in [-0.3, -0.25) is 20.2 Å². The van der Waals surface area contributed by atoms with Gasteiger partial charge in [-0.25, -0.2) is 0 Å². The second-order valence-corrected chi connectivity index (χ2v) is 4.46. The predicted octanol–water partition coefficient (Wildman–Crippen LogP) is 4.35. The first-order chi connectivity index (χ1) is 11.0. The fourth-order valence-corrected chi connectivity index (χ4v) is 1.84. The maximum atomic E-state index is 10.9. The summed E-state index contributed by atoms with van der Waals surface area (Å²) in [6.45, 7) is 2.78. The van der Waals surface area contributed by atoms with Crippen LogP contribution in [-0.2, 0) is 0 Å². The molecule has 0 unspecified atom stereocenters. The Morgan fingerprint density at radius 3 is 2.04 bits per heavy atom. The van der Waals surface area contributed by atoms with Crippen LogP contribution in [0.15, 0.2) is 52.7 Å². The summed E-state index contributed by atoms with van der Waals surface area (Å²) in [5, 5.41) is 32.6. The van der Waals surface area contributed by atoms with Crippen LogP contribution in [0, 0.1) is 20.2 Å². The number of hydrogen-bond acceptors (Lipinski definition) is 7. The van der Waals surface area contributed by atoms with Gasteiger partial charge in [0.25, 0.3) is 0 Å². The molecule has 0 heterocycles. The van der Waals surface area contributed by atoms with Gasteiger partial charge in [0.1, 0.15) is 0 Å². The van der Waals surface area contributed by atoms with Gasteiger partial charge in [-0.05, 0) is 37.3 Å². The molecule has 0 saturated heterocycles. The number of rotatable bonds is 6. The van der Waals surface area contributed by atoms with Crippen LogP contribution in [0.5, 0.6) is 0 Å². The van der Waals surface area contributed by atoms with Crippen LogP contribution in [0.3, 0.4) is 0 Å². The van der Waals surface area contributed by atoms with Gasteiger partial charge < -0.3 is 5.32 Å². The second kappa shape index (κ2) is 7.07. The van der Waals surface area contributed by atoms with Crippen LogP contribution in [0.2, 0.25) is 0 Å². The molecule has 0 bridgehead atoms. The van der Waals surface area contributed by atoms with E-state index >= 15 is 0 Å². The third-order valence-corrected chi connectivity index (χ3v) is 2.88. The summed E-state index contributed by atoms with van der Waals surface area (Å²) in [6.07, 6.45) is 0. The number of nitrogens with zero attached hydrogens (tertiary/aromatic N) is 4. The van der Waals surface area contributed by atoms with Crippen molar-refractivity contribution >= 4 is 28.4 Å². The Morgan fingerprint density at radius 1 is 0.913 bits per heavy atom. The van der Waals surface area contributed by atoms with E-state index in [-0.39, 0.29) is 5.69 Å². The van der Waals surface area contributed by atoms with Gasteiger partial charge in [-0.1, -0.05) is 0 Å². The normalized spacial score (nSPS) is 10.7. The van der Waals surface area contributed by atoms with Gasteiger partial charge in [0.05, 0.1) is 27.3 Å². The van der Waals surface area contributed by atoms with E-state index in [0.717, 1.165) is 24.4 Å². The average molecular weight is 315 g/mol. The minimum absolute atomic E-state index is 0.165. The van der Waals surface area contributed by atoms with E-state index < -0.39 is 21.2 Å². The Balaban J connectivity index is 2.23. The highest BCUT2D eigenvalue weighted by Crippen LogP contribution is 2.31. The topological polar surface area (TPSA) is 123 Å². The third kappa shape index (κ3) is 4.06. The molecular formula is C14H13N5O4. The van der Waals surface area contributed by atoms with E-state index in [4.69, 9.17) is 0 Å². The zero-order chi connectivity index (χ0) is 16.8. The Bertz CT molecular complexity index is 758. The molecular weight excluding hydrogens is 302 g/mol. The van der Waals surface area contributed by atoms with Gasteiger partial charge in [0.2, 0.25) is 0 Å². The lowest BCUT2D eigenvalue weighted by atomic mass is 10.2. The molecule has 0 aliphatic heterocycles. The first-order valence-corrected chi connectivity index (χ1v) is 6.69. The molecule has 0 radical (unpaired) electrons. The van der Waals surface area contributed by atoms with Crippen molar-refractivity contribution in [3.05, 3.63) is 62.7 Å². The minimum atomic E-state index is -0.817. The smallest absolute Gasteiger partial charge is 0.348 e. The van der Waals surface area contributed by atoms with Gasteiger partial charge in [-0.15, -0.1) is 0 Å². The molecule has 118 valence electrons. The SMILES string of the molecule is CCNc1ccc(/N=N/c2ccc([N+](=O)[O-])c([N+](=O)[O-])c2)cc1. The fourth-order valence-electron chi connectivity index (χ4n) is 1.84. The summed E-state index contributed by atoms with van der Waals surface area (Å²) in [4.78, 5) is 20.0. The molecule has 0 aliphatic rings. The van der Waals surface area contributed by atoms with Crippen LogP contribution in [-0.4, -0.2) is 16.4 Å². The minimum Gasteiger partial charge on any atom is -0.385 e. The zero-order valence-electron chi connectivity index (χ0n) is 12.2. The van der Waals surface area contributed by atoms with Crippen molar-refractivity contribution < 1.29 is 9.85 Å². The molecule has 0 amide bonds. The van der Waals surface area contributed by atoms with Gasteiger partial charge in [-0.2, -0.15) is 10.2 Å². The molecule has 0 atom stereocenters. The number of nitro benzene ring substituents is 2. The number of hydrogen-bond donors (Lipinski definition) is 1. The van der Waals surface area contributed by atoms with Gasteiger partial charge >= 0.3 is 11.4 Å². The first kappa shape index (κ1) is 16.0. The third-order valence-electron chi connectivity index (χ3n) is 2.88. The molecule has 0 saturated carbocycles. The zero-order valence-corrected chi connectivity index (χ0v) is 12.2. The molecule has 2 aromatic rings. The summed E-state index contributed by atoms with van der Waals surface area (Å²) in [7, 11) is 0. The molecule has 1 N–H and O–H groups in total. The standard InChI is InChI=1S/C14H13N5O4/c1-2-15-10-3-5-11(6-4-10)16-17-12-7-8-13(18(20)21)14(9-12)19(22)23/h3-9,15H,2H2,1H3/b17-16+. The van der Waals surface area contributed by atoms with Crippen LogP contribution >= 0.6 is 0 Å². The van der Waals surface area contributed by atoms with Crippen molar-refractivity contribution in [3.8, 4) is 0 Å². The Morgan fingerprint density at radius 2 is 1.48 bits per heavy atom. The first-order valence-electron chi connectivity index (χ1n) is 6.69. The number of nitro groups is 2. The summed E-state index contributed by atoms with van der Waals surface area (Å²) in [6, 6.07) is 10.5. The Labute approximate surface area is 131 Å². The number of nitrogens with one attached hydrogen (secondary N) is 1. The van der Waals surface area contributed by atoms with Crippen LogP contribution in [0.4, 0.5) is 28.4 Å². The lowest BCUT2D eigenvalue weighted by Gasteiger charge is -2.01. The molecule has 2 aromatic carbocycles. The molecule has 9 heteroatoms. The molecule has 23 heavy (non-hydrogen) atoms. The van der Waals surface area contributed by atoms with Crippen LogP contribution in [0.25, 0.3) is 0 Å². The monoisotopic (exact) mass is 315 g/mol. The average Bonchev–Trinajstić information content (AvgIpc) is 2.54. The molecule has 9 nitrogen and oxygen atoms in total. The quantitative estimate of drug-likeness (QED) is 0.482. The van der Waals surface area contributed by atoms with Gasteiger partial charge in [0.15, 0.2) is 0 Å². The van der Waals surface area contributed by atoms with Crippen molar-refractivity contribution in [2.24, 2.45) is 10.2 Å². The number of anilines is 1. The fraction of sp³-hybridized carbons (Fsp3) is 0.143. The van der Waals surface area contributed by atoms with E-state index in [9.17, 15) is 20.2 Å². The molecule has 2 rings (SSSR count). The molecule has 0 spiro atoms. The van der Waals surface area contributed by atoms with E-state index in [2.05, 4.69) is 15.5 Å².